The highest BCUT2D eigenvalue weighted by atomic mass is 33.1. The molecule has 0 bridgehead atoms. The molecule has 0 fully saturated rings. The van der Waals surface area contributed by atoms with Crippen molar-refractivity contribution >= 4 is 28.2 Å². The lowest BCUT2D eigenvalue weighted by Crippen LogP contribution is -2.20. The number of thiol groups is 1. The number of ether oxygens (including phenoxy) is 2. The lowest BCUT2D eigenvalue weighted by molar-refractivity contribution is -0.122. The minimum absolute atomic E-state index is 0.0267. The van der Waals surface area contributed by atoms with E-state index in [4.69, 9.17) is 9.47 Å². The summed E-state index contributed by atoms with van der Waals surface area (Å²) in [7, 11) is 1.22. The van der Waals surface area contributed by atoms with Crippen LogP contribution in [0.5, 0.6) is 5.75 Å². The third kappa shape index (κ3) is 5.89. The monoisotopic (exact) mass is 349 g/mol. The van der Waals surface area contributed by atoms with Gasteiger partial charge in [0.1, 0.15) is 19.0 Å². The second-order valence-corrected chi connectivity index (χ2v) is 6.41. The van der Waals surface area contributed by atoms with E-state index in [-0.39, 0.29) is 17.6 Å². The van der Waals surface area contributed by atoms with Crippen LogP contribution in [0.25, 0.3) is 11.3 Å². The van der Waals surface area contributed by atoms with Crippen molar-refractivity contribution in [1.82, 2.24) is 4.98 Å². The maximum atomic E-state index is 11.5. The topological polar surface area (TPSA) is 48.4 Å². The molecule has 1 unspecified atom stereocenters. The van der Waals surface area contributed by atoms with E-state index in [9.17, 15) is 4.79 Å². The Morgan fingerprint density at radius 2 is 2.00 bits per heavy atom. The van der Waals surface area contributed by atoms with Gasteiger partial charge in [-0.15, -0.1) is 11.7 Å². The fourth-order valence-electron chi connectivity index (χ4n) is 1.81. The van der Waals surface area contributed by atoms with Crippen molar-refractivity contribution in [3.8, 4) is 17.0 Å². The lowest BCUT2D eigenvalue weighted by atomic mass is 10.1. The van der Waals surface area contributed by atoms with Crippen molar-refractivity contribution in [3.63, 3.8) is 0 Å². The molecule has 0 amide bonds. The van der Waals surface area contributed by atoms with E-state index in [1.165, 1.54) is 10.8 Å². The third-order valence-corrected chi connectivity index (χ3v) is 4.69. The number of carbonyl (C=O) groups excluding carboxylic acids is 1. The molecule has 1 heterocycles. The highest BCUT2D eigenvalue weighted by Crippen LogP contribution is 2.19. The summed E-state index contributed by atoms with van der Waals surface area (Å²) in [5, 5.41) is -0.158. The summed E-state index contributed by atoms with van der Waals surface area (Å²) in [6.45, 7) is 2.63. The quantitative estimate of drug-likeness (QED) is 0.425. The minimum Gasteiger partial charge on any atom is -0.490 e. The summed E-state index contributed by atoms with van der Waals surface area (Å²) >= 11 is 4.01. The standard InChI is InChI=1S/C17H19NO3S2/c1-13(23-22)17(19)12-20-9-10-21-15-7-8-16(18-11-15)14-5-3-2-4-6-14/h2-8,11,13,22H,9-10,12H2,1H3. The largest absolute Gasteiger partial charge is 0.490 e. The SMILES string of the molecule is CC(SS)C(=O)COCCOc1ccc(-c2ccccc2)nc1. The zero-order valence-corrected chi connectivity index (χ0v) is 14.6. The number of aromatic nitrogens is 1. The Morgan fingerprint density at radius 3 is 2.65 bits per heavy atom. The van der Waals surface area contributed by atoms with Crippen molar-refractivity contribution in [2.75, 3.05) is 19.8 Å². The van der Waals surface area contributed by atoms with Gasteiger partial charge in [-0.2, -0.15) is 0 Å². The van der Waals surface area contributed by atoms with Gasteiger partial charge in [0.25, 0.3) is 0 Å². The molecule has 1 aromatic carbocycles. The van der Waals surface area contributed by atoms with Crippen molar-refractivity contribution in [1.29, 1.82) is 0 Å². The molecule has 0 spiro atoms. The van der Waals surface area contributed by atoms with Crippen LogP contribution in [-0.4, -0.2) is 35.8 Å². The number of hydrogen-bond acceptors (Lipinski definition) is 6. The van der Waals surface area contributed by atoms with Crippen LogP contribution in [0.3, 0.4) is 0 Å². The van der Waals surface area contributed by atoms with Crippen LogP contribution in [0.1, 0.15) is 6.92 Å². The molecule has 0 radical (unpaired) electrons. The Balaban J connectivity index is 1.72. The van der Waals surface area contributed by atoms with Crippen LogP contribution in [0.4, 0.5) is 0 Å². The fraction of sp³-hybridized carbons (Fsp3) is 0.294. The molecule has 1 aromatic heterocycles. The molecule has 122 valence electrons. The zero-order valence-electron chi connectivity index (χ0n) is 12.8. The van der Waals surface area contributed by atoms with E-state index >= 15 is 0 Å². The van der Waals surface area contributed by atoms with Crippen LogP contribution in [0.2, 0.25) is 0 Å². The average molecular weight is 349 g/mol. The Morgan fingerprint density at radius 1 is 1.22 bits per heavy atom. The highest BCUT2D eigenvalue weighted by molar-refractivity contribution is 8.69. The summed E-state index contributed by atoms with van der Waals surface area (Å²) in [5.41, 5.74) is 1.97. The Bertz CT molecular complexity index is 605. The van der Waals surface area contributed by atoms with E-state index in [2.05, 4.69) is 16.6 Å². The molecule has 0 saturated heterocycles. The first-order valence-corrected chi connectivity index (χ1v) is 9.19. The smallest absolute Gasteiger partial charge is 0.171 e. The second-order valence-electron chi connectivity index (χ2n) is 4.86. The molecule has 0 aliphatic heterocycles. The van der Waals surface area contributed by atoms with Crippen LogP contribution in [0.15, 0.2) is 48.7 Å². The fourth-order valence-corrected chi connectivity index (χ4v) is 2.35. The van der Waals surface area contributed by atoms with Gasteiger partial charge in [0.2, 0.25) is 0 Å². The number of carbonyl (C=O) groups is 1. The summed E-state index contributed by atoms with van der Waals surface area (Å²) in [6.07, 6.45) is 1.69. The highest BCUT2D eigenvalue weighted by Gasteiger charge is 2.11. The number of Topliss-reactive ketones (excluding diaryl/α,β-unsaturated/α-hetero) is 1. The lowest BCUT2D eigenvalue weighted by Gasteiger charge is -2.09. The average Bonchev–Trinajstić information content (AvgIpc) is 2.61. The number of hydrogen-bond donors (Lipinski definition) is 1. The Labute approximate surface area is 145 Å². The van der Waals surface area contributed by atoms with Gasteiger partial charge in [-0.05, 0) is 19.1 Å². The number of rotatable bonds is 9. The summed E-state index contributed by atoms with van der Waals surface area (Å²) < 4.78 is 10.8. The molecule has 6 heteroatoms. The molecule has 0 saturated carbocycles. The second kappa shape index (κ2) is 9.60. The molecule has 1 atom stereocenters. The molecule has 0 N–H and O–H groups in total. The minimum atomic E-state index is -0.158. The van der Waals surface area contributed by atoms with E-state index in [1.54, 1.807) is 13.1 Å². The molecular formula is C17H19NO3S2. The molecule has 23 heavy (non-hydrogen) atoms. The first-order valence-electron chi connectivity index (χ1n) is 7.25. The van der Waals surface area contributed by atoms with Gasteiger partial charge in [0.05, 0.1) is 23.7 Å². The van der Waals surface area contributed by atoms with E-state index in [1.807, 2.05) is 42.5 Å². The van der Waals surface area contributed by atoms with Crippen molar-refractivity contribution in [2.45, 2.75) is 12.2 Å². The normalized spacial score (nSPS) is 11.9. The number of ketones is 1. The van der Waals surface area contributed by atoms with Crippen LogP contribution < -0.4 is 4.74 Å². The Hall–Kier alpha value is -1.50. The predicted molar refractivity (Wildman–Crippen MR) is 97.0 cm³/mol. The first kappa shape index (κ1) is 17.8. The summed E-state index contributed by atoms with van der Waals surface area (Å²) in [4.78, 5) is 15.9. The van der Waals surface area contributed by atoms with Gasteiger partial charge in [0.15, 0.2) is 5.78 Å². The molecule has 0 aliphatic carbocycles. The van der Waals surface area contributed by atoms with Gasteiger partial charge in [-0.1, -0.05) is 41.1 Å². The molecule has 4 nitrogen and oxygen atoms in total. The third-order valence-electron chi connectivity index (χ3n) is 3.16. The number of pyridine rings is 1. The first-order chi connectivity index (χ1) is 11.2. The Kier molecular flexibility index (Phi) is 7.45. The van der Waals surface area contributed by atoms with Gasteiger partial charge in [-0.25, -0.2) is 0 Å². The van der Waals surface area contributed by atoms with E-state index in [0.717, 1.165) is 11.3 Å². The number of benzene rings is 1. The van der Waals surface area contributed by atoms with E-state index in [0.29, 0.717) is 19.0 Å². The predicted octanol–water partition coefficient (Wildman–Crippen LogP) is 3.68. The van der Waals surface area contributed by atoms with Gasteiger partial charge < -0.3 is 9.47 Å². The van der Waals surface area contributed by atoms with Crippen molar-refractivity contribution in [3.05, 3.63) is 48.7 Å². The molecule has 2 rings (SSSR count). The summed E-state index contributed by atoms with van der Waals surface area (Å²) in [5.74, 6) is 0.706. The maximum Gasteiger partial charge on any atom is 0.171 e. The van der Waals surface area contributed by atoms with Crippen LogP contribution in [0, 0.1) is 0 Å². The van der Waals surface area contributed by atoms with Gasteiger partial charge in [0, 0.05) is 5.56 Å². The van der Waals surface area contributed by atoms with Gasteiger partial charge >= 0.3 is 0 Å². The van der Waals surface area contributed by atoms with Gasteiger partial charge in [-0.3, -0.25) is 9.78 Å². The maximum absolute atomic E-state index is 11.5. The molecular weight excluding hydrogens is 330 g/mol. The summed E-state index contributed by atoms with van der Waals surface area (Å²) in [6, 6.07) is 13.7. The molecule has 2 aromatic rings. The zero-order chi connectivity index (χ0) is 16.5. The molecule has 0 aliphatic rings. The van der Waals surface area contributed by atoms with E-state index < -0.39 is 0 Å². The van der Waals surface area contributed by atoms with Crippen LogP contribution >= 0.6 is 22.5 Å². The van der Waals surface area contributed by atoms with Crippen molar-refractivity contribution < 1.29 is 14.3 Å². The van der Waals surface area contributed by atoms with Crippen LogP contribution in [-0.2, 0) is 9.53 Å². The number of nitrogens with zero attached hydrogens (tertiary/aromatic N) is 1. The van der Waals surface area contributed by atoms with Crippen molar-refractivity contribution in [2.24, 2.45) is 0 Å².